The summed E-state index contributed by atoms with van der Waals surface area (Å²) in [5.41, 5.74) is -0.380. The number of unbranched alkanes of at least 4 members (excludes halogenated alkanes) is 13. The van der Waals surface area contributed by atoms with Crippen molar-refractivity contribution in [3.05, 3.63) is 35.4 Å². The van der Waals surface area contributed by atoms with E-state index in [1.807, 2.05) is 0 Å². The van der Waals surface area contributed by atoms with E-state index in [0.29, 0.717) is 0 Å². The maximum atomic E-state index is 10.5. The zero-order valence-corrected chi connectivity index (χ0v) is 23.2. The molecule has 35 heavy (non-hydrogen) atoms. The summed E-state index contributed by atoms with van der Waals surface area (Å²) in [5, 5.41) is 17.1. The minimum atomic E-state index is -1.23. The highest BCUT2D eigenvalue weighted by atomic mass is 16.4. The van der Waals surface area contributed by atoms with Crippen LogP contribution in [0.2, 0.25) is 0 Å². The fraction of sp³-hybridized carbons (Fsp3) is 0.733. The molecule has 0 aliphatic heterocycles. The summed E-state index contributed by atoms with van der Waals surface area (Å²) in [7, 11) is 0. The molecule has 0 aromatic heterocycles. The number of carbonyl (C=O) groups is 2. The Bertz CT molecular complexity index is 629. The molecule has 0 bridgehead atoms. The average Bonchev–Trinajstić information content (AvgIpc) is 2.87. The van der Waals surface area contributed by atoms with E-state index >= 15 is 0 Å². The van der Waals surface area contributed by atoms with Crippen LogP contribution in [0.1, 0.15) is 138 Å². The summed E-state index contributed by atoms with van der Waals surface area (Å²) >= 11 is 0. The Kier molecular flexibility index (Phi) is 20.3. The van der Waals surface area contributed by atoms with Gasteiger partial charge in [-0.2, -0.15) is 0 Å². The highest BCUT2D eigenvalue weighted by Gasteiger charge is 2.19. The van der Waals surface area contributed by atoms with Gasteiger partial charge in [0.1, 0.15) is 0 Å². The number of nitrogens with zero attached hydrogens (tertiary/aromatic N) is 1. The van der Waals surface area contributed by atoms with E-state index in [1.54, 1.807) is 0 Å². The molecular weight excluding hydrogens is 438 g/mol. The van der Waals surface area contributed by atoms with Crippen LogP contribution in [-0.4, -0.2) is 52.8 Å². The second-order valence-electron chi connectivity index (χ2n) is 9.77. The second kappa shape index (κ2) is 21.4. The number of rotatable bonds is 20. The molecule has 0 saturated carbocycles. The molecular formula is C30H54NO4+. The van der Waals surface area contributed by atoms with E-state index in [2.05, 4.69) is 27.7 Å². The Hall–Kier alpha value is -1.88. The molecule has 202 valence electrons. The van der Waals surface area contributed by atoms with Crippen LogP contribution in [0.4, 0.5) is 0 Å². The average molecular weight is 493 g/mol. The number of hydrogen-bond donors (Lipinski definition) is 2. The lowest BCUT2D eigenvalue weighted by molar-refractivity contribution is -0.923. The maximum absolute atomic E-state index is 10.5. The summed E-state index contributed by atoms with van der Waals surface area (Å²) < 4.78 is 1.33. The second-order valence-corrected chi connectivity index (χ2v) is 9.77. The topological polar surface area (TPSA) is 74.6 Å². The molecule has 2 N–H and O–H groups in total. The molecule has 0 saturated heterocycles. The first-order valence-electron chi connectivity index (χ1n) is 14.3. The lowest BCUT2D eigenvalue weighted by Gasteiger charge is -2.35. The van der Waals surface area contributed by atoms with Crippen molar-refractivity contribution in [2.45, 2.75) is 118 Å². The molecule has 1 aromatic carbocycles. The number of hydrogen-bond acceptors (Lipinski definition) is 2. The van der Waals surface area contributed by atoms with Crippen molar-refractivity contribution >= 4 is 11.9 Å². The molecule has 0 spiro atoms. The molecule has 0 heterocycles. The SMILES string of the molecule is CCCCCCCCCCCCCCCC[N+](CC)(CC)CC.O=C(O)c1ccccc1C(=O)O. The highest BCUT2D eigenvalue weighted by Crippen LogP contribution is 2.14. The van der Waals surface area contributed by atoms with Crippen molar-refractivity contribution in [2.75, 3.05) is 26.2 Å². The van der Waals surface area contributed by atoms with Crippen LogP contribution in [0.25, 0.3) is 0 Å². The van der Waals surface area contributed by atoms with Crippen molar-refractivity contribution in [2.24, 2.45) is 0 Å². The normalized spacial score (nSPS) is 11.1. The number of quaternary nitrogens is 1. The summed E-state index contributed by atoms with van der Waals surface area (Å²) in [5.74, 6) is -2.46. The number of carboxylic acid groups (broad SMARTS) is 2. The quantitative estimate of drug-likeness (QED) is 0.141. The van der Waals surface area contributed by atoms with E-state index in [1.165, 1.54) is 145 Å². The molecule has 0 fully saturated rings. The van der Waals surface area contributed by atoms with E-state index in [-0.39, 0.29) is 11.1 Å². The first kappa shape index (κ1) is 33.1. The Morgan fingerprint density at radius 3 is 1.17 bits per heavy atom. The number of carboxylic acids is 2. The van der Waals surface area contributed by atoms with Crippen molar-refractivity contribution in [1.29, 1.82) is 0 Å². The van der Waals surface area contributed by atoms with Gasteiger partial charge in [0.25, 0.3) is 0 Å². The Balaban J connectivity index is 0.000000801. The van der Waals surface area contributed by atoms with E-state index in [9.17, 15) is 9.59 Å². The number of benzene rings is 1. The zero-order valence-electron chi connectivity index (χ0n) is 23.2. The monoisotopic (exact) mass is 492 g/mol. The van der Waals surface area contributed by atoms with E-state index in [4.69, 9.17) is 10.2 Å². The lowest BCUT2D eigenvalue weighted by atomic mass is 10.0. The van der Waals surface area contributed by atoms with E-state index < -0.39 is 11.9 Å². The van der Waals surface area contributed by atoms with Gasteiger partial charge in [-0.1, -0.05) is 96.1 Å². The van der Waals surface area contributed by atoms with Crippen LogP contribution in [0.5, 0.6) is 0 Å². The van der Waals surface area contributed by atoms with Gasteiger partial charge in [0.15, 0.2) is 0 Å². The van der Waals surface area contributed by atoms with Crippen LogP contribution < -0.4 is 0 Å². The van der Waals surface area contributed by atoms with E-state index in [0.717, 1.165) is 0 Å². The van der Waals surface area contributed by atoms with Crippen molar-refractivity contribution in [3.63, 3.8) is 0 Å². The van der Waals surface area contributed by atoms with Gasteiger partial charge in [-0.15, -0.1) is 0 Å². The number of aromatic carboxylic acids is 2. The van der Waals surface area contributed by atoms with Gasteiger partial charge in [-0.05, 0) is 45.7 Å². The first-order chi connectivity index (χ1) is 16.9. The Labute approximate surface area is 215 Å². The van der Waals surface area contributed by atoms with Crippen LogP contribution in [0.3, 0.4) is 0 Å². The highest BCUT2D eigenvalue weighted by molar-refractivity contribution is 6.01. The van der Waals surface area contributed by atoms with Gasteiger partial charge in [0.05, 0.1) is 37.3 Å². The van der Waals surface area contributed by atoms with Crippen LogP contribution >= 0.6 is 0 Å². The van der Waals surface area contributed by atoms with Gasteiger partial charge in [0, 0.05) is 0 Å². The van der Waals surface area contributed by atoms with Crippen molar-refractivity contribution in [1.82, 2.24) is 0 Å². The summed E-state index contributed by atoms with van der Waals surface area (Å²) in [4.78, 5) is 20.9. The van der Waals surface area contributed by atoms with Gasteiger partial charge in [-0.3, -0.25) is 0 Å². The standard InChI is InChI=1S/C22H48N.C8H6O4/c1-5-9-10-11-12-13-14-15-16-17-18-19-20-21-22-23(6-2,7-3)8-4;9-7(10)5-3-1-2-4-6(5)8(11)12/h5-22H2,1-4H3;1-4H,(H,9,10)(H,11,12)/q+1;. The molecule has 5 nitrogen and oxygen atoms in total. The lowest BCUT2D eigenvalue weighted by Crippen LogP contribution is -2.48. The molecule has 0 amide bonds. The molecule has 0 aliphatic rings. The molecule has 0 aliphatic carbocycles. The largest absolute Gasteiger partial charge is 0.478 e. The summed E-state index contributed by atoms with van der Waals surface area (Å²) in [6, 6.07) is 5.48. The molecule has 1 aromatic rings. The van der Waals surface area contributed by atoms with Crippen LogP contribution in [0, 0.1) is 0 Å². The summed E-state index contributed by atoms with van der Waals surface area (Å²) in [6.07, 6.45) is 20.5. The Morgan fingerprint density at radius 2 is 0.886 bits per heavy atom. The third-order valence-electron chi connectivity index (χ3n) is 7.39. The van der Waals surface area contributed by atoms with Crippen molar-refractivity contribution < 1.29 is 24.3 Å². The van der Waals surface area contributed by atoms with Crippen molar-refractivity contribution in [3.8, 4) is 0 Å². The molecule has 0 unspecified atom stereocenters. The molecule has 1 rings (SSSR count). The predicted molar refractivity (Wildman–Crippen MR) is 147 cm³/mol. The smallest absolute Gasteiger partial charge is 0.336 e. The molecule has 0 atom stereocenters. The first-order valence-corrected chi connectivity index (χ1v) is 14.3. The van der Waals surface area contributed by atoms with Crippen LogP contribution in [0.15, 0.2) is 24.3 Å². The third-order valence-corrected chi connectivity index (χ3v) is 7.39. The predicted octanol–water partition coefficient (Wildman–Crippen LogP) is 8.43. The molecule has 0 radical (unpaired) electrons. The maximum Gasteiger partial charge on any atom is 0.336 e. The van der Waals surface area contributed by atoms with Gasteiger partial charge >= 0.3 is 11.9 Å². The fourth-order valence-corrected chi connectivity index (χ4v) is 4.64. The van der Waals surface area contributed by atoms with Gasteiger partial charge in [-0.25, -0.2) is 9.59 Å². The van der Waals surface area contributed by atoms with Gasteiger partial charge < -0.3 is 14.7 Å². The van der Waals surface area contributed by atoms with Gasteiger partial charge in [0.2, 0.25) is 0 Å². The Morgan fingerprint density at radius 1 is 0.571 bits per heavy atom. The third kappa shape index (κ3) is 15.7. The minimum absolute atomic E-state index is 0.190. The zero-order chi connectivity index (χ0) is 26.4. The molecule has 5 heteroatoms. The minimum Gasteiger partial charge on any atom is -0.478 e. The van der Waals surface area contributed by atoms with Crippen LogP contribution in [-0.2, 0) is 0 Å². The summed E-state index contributed by atoms with van der Waals surface area (Å²) in [6.45, 7) is 14.7. The fourth-order valence-electron chi connectivity index (χ4n) is 4.64.